The van der Waals surface area contributed by atoms with Crippen LogP contribution in [0.1, 0.15) is 18.4 Å². The molecule has 102 valence electrons. The van der Waals surface area contributed by atoms with Crippen LogP contribution in [0.5, 0.6) is 0 Å². The summed E-state index contributed by atoms with van der Waals surface area (Å²) < 4.78 is 26.3. The normalized spacial score (nSPS) is 20.5. The molecule has 0 aromatic heterocycles. The third-order valence-corrected chi connectivity index (χ3v) is 3.35. The van der Waals surface area contributed by atoms with Crippen molar-refractivity contribution < 1.29 is 8.78 Å². The van der Waals surface area contributed by atoms with Crippen molar-refractivity contribution in [1.29, 1.82) is 0 Å². The average molecular weight is 277 g/mol. The van der Waals surface area contributed by atoms with Gasteiger partial charge in [0.15, 0.2) is 0 Å². The van der Waals surface area contributed by atoms with Crippen molar-refractivity contribution in [2.24, 2.45) is 11.7 Å². The molecule has 1 atom stereocenters. The van der Waals surface area contributed by atoms with Crippen LogP contribution in [0.25, 0.3) is 0 Å². The molecule has 0 saturated carbocycles. The van der Waals surface area contributed by atoms with E-state index in [1.165, 1.54) is 12.1 Å². The lowest BCUT2D eigenvalue weighted by Crippen LogP contribution is -2.38. The summed E-state index contributed by atoms with van der Waals surface area (Å²) in [6, 6.07) is 3.78. The van der Waals surface area contributed by atoms with E-state index < -0.39 is 11.6 Å². The van der Waals surface area contributed by atoms with Gasteiger partial charge in [0.1, 0.15) is 11.6 Å². The third kappa shape index (κ3) is 3.90. The number of nitrogens with two attached hydrogens (primary N) is 1. The number of hydrogen-bond acceptors (Lipinski definition) is 2. The summed E-state index contributed by atoms with van der Waals surface area (Å²) in [7, 11) is 0. The van der Waals surface area contributed by atoms with Crippen molar-refractivity contribution in [1.82, 2.24) is 4.90 Å². The van der Waals surface area contributed by atoms with Crippen LogP contribution in [0.15, 0.2) is 18.2 Å². The zero-order chi connectivity index (χ0) is 12.3. The molecule has 0 radical (unpaired) electrons. The van der Waals surface area contributed by atoms with Crippen LogP contribution in [0.3, 0.4) is 0 Å². The van der Waals surface area contributed by atoms with E-state index in [-0.39, 0.29) is 12.4 Å². The fourth-order valence-electron chi connectivity index (χ4n) is 2.38. The summed E-state index contributed by atoms with van der Waals surface area (Å²) in [5, 5.41) is 0. The van der Waals surface area contributed by atoms with Gasteiger partial charge in [0, 0.05) is 24.7 Å². The second-order valence-corrected chi connectivity index (χ2v) is 4.71. The van der Waals surface area contributed by atoms with Gasteiger partial charge in [0.05, 0.1) is 0 Å². The molecule has 2 N–H and O–H groups in total. The van der Waals surface area contributed by atoms with Gasteiger partial charge in [-0.25, -0.2) is 8.78 Å². The van der Waals surface area contributed by atoms with Crippen LogP contribution in [-0.4, -0.2) is 24.5 Å². The summed E-state index contributed by atoms with van der Waals surface area (Å²) in [4.78, 5) is 2.19. The van der Waals surface area contributed by atoms with Crippen LogP contribution >= 0.6 is 12.4 Å². The molecule has 0 aliphatic carbocycles. The van der Waals surface area contributed by atoms with E-state index in [2.05, 4.69) is 4.90 Å². The smallest absolute Gasteiger partial charge is 0.130 e. The van der Waals surface area contributed by atoms with Gasteiger partial charge in [-0.2, -0.15) is 0 Å². The standard InChI is InChI=1S/C13H18F2N2.ClH/c14-12-4-3-11(13(15)6-12)9-17-5-1-2-10(7-16)8-17;/h3-4,6,10H,1-2,5,7-9,16H2;1H. The molecular formula is C13H19ClF2N2. The van der Waals surface area contributed by atoms with Crippen LogP contribution in [0.2, 0.25) is 0 Å². The highest BCUT2D eigenvalue weighted by molar-refractivity contribution is 5.85. The van der Waals surface area contributed by atoms with Gasteiger partial charge in [0.25, 0.3) is 0 Å². The summed E-state index contributed by atoms with van der Waals surface area (Å²) >= 11 is 0. The van der Waals surface area contributed by atoms with E-state index in [1.807, 2.05) is 0 Å². The Balaban J connectivity index is 0.00000162. The highest BCUT2D eigenvalue weighted by atomic mass is 35.5. The largest absolute Gasteiger partial charge is 0.330 e. The van der Waals surface area contributed by atoms with Gasteiger partial charge in [0.2, 0.25) is 0 Å². The highest BCUT2D eigenvalue weighted by Gasteiger charge is 2.19. The van der Waals surface area contributed by atoms with Crippen molar-refractivity contribution >= 4 is 12.4 Å². The third-order valence-electron chi connectivity index (χ3n) is 3.35. The lowest BCUT2D eigenvalue weighted by molar-refractivity contribution is 0.169. The molecule has 2 nitrogen and oxygen atoms in total. The molecular weight excluding hydrogens is 258 g/mol. The van der Waals surface area contributed by atoms with Crippen molar-refractivity contribution in [2.45, 2.75) is 19.4 Å². The molecule has 1 aromatic carbocycles. The zero-order valence-corrected chi connectivity index (χ0v) is 11.1. The van der Waals surface area contributed by atoms with Crippen LogP contribution in [-0.2, 0) is 6.54 Å². The maximum atomic E-state index is 13.5. The number of nitrogens with zero attached hydrogens (tertiary/aromatic N) is 1. The Labute approximate surface area is 113 Å². The van der Waals surface area contributed by atoms with Gasteiger partial charge in [-0.3, -0.25) is 4.90 Å². The van der Waals surface area contributed by atoms with E-state index in [0.29, 0.717) is 24.6 Å². The average Bonchev–Trinajstić information content (AvgIpc) is 2.33. The molecule has 1 fully saturated rings. The Hall–Kier alpha value is -0.710. The van der Waals surface area contributed by atoms with Crippen molar-refractivity contribution in [2.75, 3.05) is 19.6 Å². The van der Waals surface area contributed by atoms with Gasteiger partial charge in [-0.15, -0.1) is 12.4 Å². The first-order chi connectivity index (χ1) is 8.19. The predicted octanol–water partition coefficient (Wildman–Crippen LogP) is 2.56. The molecule has 0 amide bonds. The molecule has 1 unspecified atom stereocenters. The summed E-state index contributed by atoms with van der Waals surface area (Å²) in [6.45, 7) is 3.10. The minimum Gasteiger partial charge on any atom is -0.330 e. The zero-order valence-electron chi connectivity index (χ0n) is 10.2. The summed E-state index contributed by atoms with van der Waals surface area (Å²) in [6.07, 6.45) is 2.25. The molecule has 0 spiro atoms. The first-order valence-corrected chi connectivity index (χ1v) is 6.05. The number of hydrogen-bond donors (Lipinski definition) is 1. The Kier molecular flexibility index (Phi) is 5.99. The SMILES string of the molecule is Cl.NCC1CCCN(Cc2ccc(F)cc2F)C1. The predicted molar refractivity (Wildman–Crippen MR) is 70.7 cm³/mol. The molecule has 0 bridgehead atoms. The molecule has 2 rings (SSSR count). The van der Waals surface area contributed by atoms with Crippen molar-refractivity contribution in [3.63, 3.8) is 0 Å². The lowest BCUT2D eigenvalue weighted by atomic mass is 9.98. The molecule has 1 heterocycles. The number of halogens is 3. The molecule has 18 heavy (non-hydrogen) atoms. The van der Waals surface area contributed by atoms with Gasteiger partial charge in [-0.05, 0) is 37.9 Å². The van der Waals surface area contributed by atoms with Gasteiger partial charge >= 0.3 is 0 Å². The Morgan fingerprint density at radius 3 is 2.78 bits per heavy atom. The first-order valence-electron chi connectivity index (χ1n) is 6.05. The topological polar surface area (TPSA) is 29.3 Å². The van der Waals surface area contributed by atoms with E-state index in [0.717, 1.165) is 32.0 Å². The minimum atomic E-state index is -0.523. The summed E-state index contributed by atoms with van der Waals surface area (Å²) in [5.74, 6) is -0.475. The first kappa shape index (κ1) is 15.3. The van der Waals surface area contributed by atoms with E-state index >= 15 is 0 Å². The van der Waals surface area contributed by atoms with Crippen LogP contribution in [0.4, 0.5) is 8.78 Å². The van der Waals surface area contributed by atoms with Crippen LogP contribution < -0.4 is 5.73 Å². The van der Waals surface area contributed by atoms with Crippen LogP contribution in [0, 0.1) is 17.6 Å². The minimum absolute atomic E-state index is 0. The molecule has 1 aliphatic heterocycles. The van der Waals surface area contributed by atoms with E-state index in [1.54, 1.807) is 0 Å². The highest BCUT2D eigenvalue weighted by Crippen LogP contribution is 2.19. The number of rotatable bonds is 3. The Morgan fingerprint density at radius 2 is 2.11 bits per heavy atom. The quantitative estimate of drug-likeness (QED) is 0.919. The maximum absolute atomic E-state index is 13.5. The lowest BCUT2D eigenvalue weighted by Gasteiger charge is -2.32. The van der Waals surface area contributed by atoms with Crippen molar-refractivity contribution in [3.8, 4) is 0 Å². The monoisotopic (exact) mass is 276 g/mol. The van der Waals surface area contributed by atoms with E-state index in [9.17, 15) is 8.78 Å². The summed E-state index contributed by atoms with van der Waals surface area (Å²) in [5.41, 5.74) is 6.22. The fraction of sp³-hybridized carbons (Fsp3) is 0.538. The van der Waals surface area contributed by atoms with Gasteiger partial charge in [-0.1, -0.05) is 6.07 Å². The maximum Gasteiger partial charge on any atom is 0.130 e. The van der Waals surface area contributed by atoms with E-state index in [4.69, 9.17) is 5.73 Å². The molecule has 1 aliphatic rings. The molecule has 1 saturated heterocycles. The Bertz CT molecular complexity index is 387. The molecule has 1 aromatic rings. The number of benzene rings is 1. The second-order valence-electron chi connectivity index (χ2n) is 4.71. The number of likely N-dealkylation sites (tertiary alicyclic amines) is 1. The Morgan fingerprint density at radius 1 is 1.33 bits per heavy atom. The molecule has 5 heteroatoms. The fourth-order valence-corrected chi connectivity index (χ4v) is 2.38. The van der Waals surface area contributed by atoms with Gasteiger partial charge < -0.3 is 5.73 Å². The van der Waals surface area contributed by atoms with Crippen molar-refractivity contribution in [3.05, 3.63) is 35.4 Å². The second kappa shape index (κ2) is 7.02. The number of piperidine rings is 1.